The van der Waals surface area contributed by atoms with E-state index < -0.39 is 6.04 Å². The Hall–Kier alpha value is -3.26. The van der Waals surface area contributed by atoms with Gasteiger partial charge in [0.15, 0.2) is 0 Å². The number of hydrogen-bond donors (Lipinski definition) is 0. The summed E-state index contributed by atoms with van der Waals surface area (Å²) >= 11 is 0. The molecular formula is C26H30FN3O4. The van der Waals surface area contributed by atoms with Crippen molar-refractivity contribution in [1.82, 2.24) is 9.91 Å². The summed E-state index contributed by atoms with van der Waals surface area (Å²) < 4.78 is 24.1. The summed E-state index contributed by atoms with van der Waals surface area (Å²) in [6.07, 6.45) is 3.01. The number of halogens is 1. The van der Waals surface area contributed by atoms with Gasteiger partial charge in [-0.3, -0.25) is 14.5 Å². The van der Waals surface area contributed by atoms with Crippen molar-refractivity contribution in [1.29, 1.82) is 0 Å². The summed E-state index contributed by atoms with van der Waals surface area (Å²) in [7, 11) is 1.60. The van der Waals surface area contributed by atoms with Gasteiger partial charge in [-0.1, -0.05) is 30.7 Å². The van der Waals surface area contributed by atoms with Crippen LogP contribution in [0.2, 0.25) is 0 Å². The van der Waals surface area contributed by atoms with Gasteiger partial charge in [-0.05, 0) is 56.1 Å². The quantitative estimate of drug-likeness (QED) is 0.577. The molecule has 1 fully saturated rings. The Kier molecular flexibility index (Phi) is 7.57. The number of ether oxygens (including phenoxy) is 2. The van der Waals surface area contributed by atoms with Crippen LogP contribution in [0.5, 0.6) is 5.75 Å². The second kappa shape index (κ2) is 10.8. The molecule has 0 aromatic heterocycles. The Morgan fingerprint density at radius 1 is 1.15 bits per heavy atom. The summed E-state index contributed by atoms with van der Waals surface area (Å²) in [5, 5.41) is 6.18. The van der Waals surface area contributed by atoms with Crippen molar-refractivity contribution in [2.45, 2.75) is 44.7 Å². The Bertz CT molecular complexity index is 1060. The molecule has 1 amide bonds. The zero-order valence-electron chi connectivity index (χ0n) is 19.6. The zero-order valence-corrected chi connectivity index (χ0v) is 19.6. The second-order valence-electron chi connectivity index (χ2n) is 8.52. The molecule has 34 heavy (non-hydrogen) atoms. The molecule has 7 nitrogen and oxygen atoms in total. The predicted octanol–water partition coefficient (Wildman–Crippen LogP) is 3.93. The van der Waals surface area contributed by atoms with Crippen LogP contribution in [0.3, 0.4) is 0 Å². The molecule has 2 atom stereocenters. The molecule has 0 aliphatic carbocycles. The zero-order chi connectivity index (χ0) is 24.1. The highest BCUT2D eigenvalue weighted by molar-refractivity contribution is 6.03. The Balaban J connectivity index is 1.60. The first-order valence-corrected chi connectivity index (χ1v) is 11.7. The van der Waals surface area contributed by atoms with Crippen molar-refractivity contribution < 1.29 is 23.5 Å². The van der Waals surface area contributed by atoms with Crippen LogP contribution in [0.25, 0.3) is 0 Å². The van der Waals surface area contributed by atoms with Gasteiger partial charge in [0.05, 0.1) is 32.0 Å². The van der Waals surface area contributed by atoms with Gasteiger partial charge in [-0.2, -0.15) is 5.10 Å². The second-order valence-corrected chi connectivity index (χ2v) is 8.52. The SMILES string of the molecule is CCOC(=O)[C@H]1CCCCN1CC(=O)N1N=C(c2cccc(OC)c2)C[C@H]1c1ccc(F)cc1. The molecule has 2 heterocycles. The van der Waals surface area contributed by atoms with Crippen LogP contribution in [0.1, 0.15) is 49.8 Å². The number of esters is 1. The number of amides is 1. The number of benzene rings is 2. The highest BCUT2D eigenvalue weighted by Crippen LogP contribution is 2.34. The van der Waals surface area contributed by atoms with Crippen molar-refractivity contribution in [3.8, 4) is 5.75 Å². The maximum absolute atomic E-state index is 13.6. The van der Waals surface area contributed by atoms with E-state index in [9.17, 15) is 14.0 Å². The van der Waals surface area contributed by atoms with Crippen LogP contribution in [-0.4, -0.2) is 60.3 Å². The largest absolute Gasteiger partial charge is 0.497 e. The number of piperidine rings is 1. The molecule has 1 saturated heterocycles. The number of nitrogens with zero attached hydrogens (tertiary/aromatic N) is 3. The smallest absolute Gasteiger partial charge is 0.323 e. The maximum atomic E-state index is 13.6. The average Bonchev–Trinajstić information content (AvgIpc) is 3.31. The van der Waals surface area contributed by atoms with E-state index in [1.165, 1.54) is 17.1 Å². The lowest BCUT2D eigenvalue weighted by atomic mass is 9.98. The first-order chi connectivity index (χ1) is 16.5. The third-order valence-electron chi connectivity index (χ3n) is 6.33. The molecule has 0 saturated carbocycles. The molecule has 2 aromatic rings. The monoisotopic (exact) mass is 467 g/mol. The third-order valence-corrected chi connectivity index (χ3v) is 6.33. The van der Waals surface area contributed by atoms with Crippen LogP contribution in [-0.2, 0) is 14.3 Å². The molecule has 2 aliphatic rings. The van der Waals surface area contributed by atoms with Gasteiger partial charge < -0.3 is 9.47 Å². The molecule has 180 valence electrons. The van der Waals surface area contributed by atoms with Crippen molar-refractivity contribution in [3.05, 3.63) is 65.5 Å². The van der Waals surface area contributed by atoms with Crippen LogP contribution in [0.4, 0.5) is 4.39 Å². The third kappa shape index (κ3) is 5.28. The molecule has 8 heteroatoms. The lowest BCUT2D eigenvalue weighted by molar-refractivity contribution is -0.152. The van der Waals surface area contributed by atoms with Gasteiger partial charge in [-0.25, -0.2) is 9.40 Å². The number of likely N-dealkylation sites (tertiary alicyclic amines) is 1. The van der Waals surface area contributed by atoms with Crippen molar-refractivity contribution in [3.63, 3.8) is 0 Å². The Morgan fingerprint density at radius 3 is 2.68 bits per heavy atom. The fourth-order valence-corrected chi connectivity index (χ4v) is 4.59. The van der Waals surface area contributed by atoms with Crippen molar-refractivity contribution >= 4 is 17.6 Å². The van der Waals surface area contributed by atoms with Crippen molar-refractivity contribution in [2.24, 2.45) is 5.10 Å². The summed E-state index contributed by atoms with van der Waals surface area (Å²) in [6, 6.07) is 12.9. The van der Waals surface area contributed by atoms with E-state index in [0.717, 1.165) is 29.7 Å². The molecule has 0 unspecified atom stereocenters. The van der Waals surface area contributed by atoms with E-state index in [1.54, 1.807) is 26.2 Å². The minimum atomic E-state index is -0.425. The van der Waals surface area contributed by atoms with Crippen LogP contribution >= 0.6 is 0 Å². The Labute approximate surface area is 199 Å². The minimum Gasteiger partial charge on any atom is -0.497 e. The van der Waals surface area contributed by atoms with Gasteiger partial charge in [0.2, 0.25) is 0 Å². The number of hydrazone groups is 1. The number of carbonyl (C=O) groups is 2. The molecule has 0 bridgehead atoms. The van der Waals surface area contributed by atoms with Crippen LogP contribution < -0.4 is 4.74 Å². The molecule has 2 aliphatic heterocycles. The summed E-state index contributed by atoms with van der Waals surface area (Å²) in [5.74, 6) is -0.122. The van der Waals surface area contributed by atoms with Crippen molar-refractivity contribution in [2.75, 3.05) is 26.8 Å². The highest BCUT2D eigenvalue weighted by atomic mass is 19.1. The molecule has 4 rings (SSSR count). The van der Waals surface area contributed by atoms with Gasteiger partial charge in [0.25, 0.3) is 5.91 Å². The number of carbonyl (C=O) groups excluding carboxylic acids is 2. The maximum Gasteiger partial charge on any atom is 0.323 e. The molecule has 2 aromatic carbocycles. The van der Waals surface area contributed by atoms with Gasteiger partial charge in [0, 0.05) is 12.0 Å². The molecule has 0 N–H and O–H groups in total. The van der Waals surface area contributed by atoms with E-state index in [4.69, 9.17) is 14.6 Å². The van der Waals surface area contributed by atoms with E-state index in [0.29, 0.717) is 31.7 Å². The topological polar surface area (TPSA) is 71.4 Å². The number of rotatable bonds is 7. The summed E-state index contributed by atoms with van der Waals surface area (Å²) in [5.41, 5.74) is 2.42. The van der Waals surface area contributed by atoms with Gasteiger partial charge in [-0.15, -0.1) is 0 Å². The fraction of sp³-hybridized carbons (Fsp3) is 0.423. The highest BCUT2D eigenvalue weighted by Gasteiger charge is 2.37. The molecule has 0 spiro atoms. The normalized spacial score (nSPS) is 20.7. The lowest BCUT2D eigenvalue weighted by Crippen LogP contribution is -2.49. The van der Waals surface area contributed by atoms with E-state index >= 15 is 0 Å². The van der Waals surface area contributed by atoms with Gasteiger partial charge in [0.1, 0.15) is 17.6 Å². The molecular weight excluding hydrogens is 437 g/mol. The van der Waals surface area contributed by atoms with E-state index in [-0.39, 0.29) is 30.3 Å². The summed E-state index contributed by atoms with van der Waals surface area (Å²) in [6.45, 7) is 2.80. The summed E-state index contributed by atoms with van der Waals surface area (Å²) in [4.78, 5) is 27.9. The predicted molar refractivity (Wildman–Crippen MR) is 126 cm³/mol. The standard InChI is InChI=1S/C26H30FN3O4/c1-3-34-26(32)23-9-4-5-14-29(23)17-25(31)30-24(18-10-12-20(27)13-11-18)16-22(28-30)19-7-6-8-21(15-19)33-2/h6-8,10-13,15,23-24H,3-5,9,14,16-17H2,1-2H3/t23-,24+/m1/s1. The fourth-order valence-electron chi connectivity index (χ4n) is 4.59. The number of methoxy groups -OCH3 is 1. The first-order valence-electron chi connectivity index (χ1n) is 11.7. The average molecular weight is 468 g/mol. The minimum absolute atomic E-state index is 0.0655. The number of hydrogen-bond acceptors (Lipinski definition) is 6. The van der Waals surface area contributed by atoms with Gasteiger partial charge >= 0.3 is 5.97 Å². The van der Waals surface area contributed by atoms with E-state index in [1.807, 2.05) is 29.2 Å². The van der Waals surface area contributed by atoms with E-state index in [2.05, 4.69) is 0 Å². The van der Waals surface area contributed by atoms with Crippen LogP contribution in [0.15, 0.2) is 53.6 Å². The Morgan fingerprint density at radius 2 is 1.94 bits per heavy atom. The molecule has 0 radical (unpaired) electrons. The van der Waals surface area contributed by atoms with Crippen LogP contribution in [0, 0.1) is 5.82 Å². The lowest BCUT2D eigenvalue weighted by Gasteiger charge is -2.34. The first kappa shape index (κ1) is 23.9.